The summed E-state index contributed by atoms with van der Waals surface area (Å²) < 4.78 is 0. The standard InChI is InChI=1S/C29H33N7O3/c1-18-13-24-28(39)36(12-11-35(24)10-7-29(3,4)15-18)26-22(17-37)21(5-8-31-26)20-14-23(27(38)32-16-20)34-25-6-9-30-19(2)33-25/h5-6,8-9,13-14,16,37H,1,7,10-12,15,17H2,2-4H3,(H,32,38)(H,30,33,34)/b24-13-. The number of fused-ring (bicyclic) bond motifs is 1. The molecule has 1 fully saturated rings. The zero-order valence-corrected chi connectivity index (χ0v) is 22.5. The number of aryl methyl sites for hydroxylation is 1. The minimum absolute atomic E-state index is 0.121. The summed E-state index contributed by atoms with van der Waals surface area (Å²) in [6, 6.07) is 5.13. The van der Waals surface area contributed by atoms with Gasteiger partial charge in [-0.25, -0.2) is 15.0 Å². The Labute approximate surface area is 227 Å². The van der Waals surface area contributed by atoms with Gasteiger partial charge < -0.3 is 20.3 Å². The molecule has 3 N–H and O–H groups in total. The number of anilines is 3. The van der Waals surface area contributed by atoms with Gasteiger partial charge in [-0.3, -0.25) is 14.5 Å². The van der Waals surface area contributed by atoms with Crippen LogP contribution >= 0.6 is 0 Å². The monoisotopic (exact) mass is 527 g/mol. The van der Waals surface area contributed by atoms with Crippen LogP contribution < -0.4 is 15.8 Å². The Kier molecular flexibility index (Phi) is 7.05. The molecular weight excluding hydrogens is 494 g/mol. The number of pyridine rings is 2. The molecule has 39 heavy (non-hydrogen) atoms. The van der Waals surface area contributed by atoms with Crippen molar-refractivity contribution in [1.29, 1.82) is 0 Å². The Morgan fingerprint density at radius 3 is 2.72 bits per heavy atom. The lowest BCUT2D eigenvalue weighted by molar-refractivity contribution is -0.118. The number of carbonyl (C=O) groups is 1. The summed E-state index contributed by atoms with van der Waals surface area (Å²) >= 11 is 0. The highest BCUT2D eigenvalue weighted by atomic mass is 16.3. The van der Waals surface area contributed by atoms with Gasteiger partial charge in [-0.1, -0.05) is 26.0 Å². The van der Waals surface area contributed by atoms with Gasteiger partial charge in [-0.15, -0.1) is 0 Å². The first-order valence-electron chi connectivity index (χ1n) is 13.0. The van der Waals surface area contributed by atoms with E-state index in [1.807, 2.05) is 6.08 Å². The van der Waals surface area contributed by atoms with Crippen LogP contribution in [-0.2, 0) is 11.4 Å². The van der Waals surface area contributed by atoms with E-state index in [9.17, 15) is 14.7 Å². The zero-order valence-electron chi connectivity index (χ0n) is 22.5. The van der Waals surface area contributed by atoms with E-state index in [2.05, 4.69) is 50.6 Å². The molecule has 202 valence electrons. The average Bonchev–Trinajstić information content (AvgIpc) is 2.89. The van der Waals surface area contributed by atoms with Crippen molar-refractivity contribution in [2.45, 2.75) is 40.2 Å². The van der Waals surface area contributed by atoms with E-state index in [4.69, 9.17) is 0 Å². The van der Waals surface area contributed by atoms with Crippen molar-refractivity contribution in [3.05, 3.63) is 82.5 Å². The van der Waals surface area contributed by atoms with E-state index in [1.165, 1.54) is 0 Å². The maximum Gasteiger partial charge on any atom is 0.275 e. The van der Waals surface area contributed by atoms with Crippen molar-refractivity contribution < 1.29 is 9.90 Å². The number of H-pyrrole nitrogens is 1. The first-order valence-corrected chi connectivity index (χ1v) is 13.0. The number of piperazine rings is 1. The molecule has 0 saturated carbocycles. The summed E-state index contributed by atoms with van der Waals surface area (Å²) in [7, 11) is 0. The molecular formula is C29H33N7O3. The maximum absolute atomic E-state index is 13.8. The minimum Gasteiger partial charge on any atom is -0.392 e. The van der Waals surface area contributed by atoms with Crippen LogP contribution in [0.25, 0.3) is 11.1 Å². The van der Waals surface area contributed by atoms with Crippen LogP contribution in [0.3, 0.4) is 0 Å². The van der Waals surface area contributed by atoms with E-state index in [0.29, 0.717) is 58.6 Å². The van der Waals surface area contributed by atoms with Crippen LogP contribution in [-0.4, -0.2) is 55.5 Å². The van der Waals surface area contributed by atoms with Crippen LogP contribution in [0.4, 0.5) is 17.3 Å². The maximum atomic E-state index is 13.8. The number of nitrogens with one attached hydrogen (secondary N) is 2. The molecule has 3 aromatic rings. The molecule has 0 unspecified atom stereocenters. The number of nitrogens with zero attached hydrogens (tertiary/aromatic N) is 5. The van der Waals surface area contributed by atoms with Crippen molar-refractivity contribution in [2.24, 2.45) is 5.41 Å². The fourth-order valence-electron chi connectivity index (χ4n) is 5.22. The Bertz CT molecular complexity index is 1530. The Balaban J connectivity index is 1.50. The lowest BCUT2D eigenvalue weighted by atomic mass is 9.81. The van der Waals surface area contributed by atoms with Gasteiger partial charge in [0.1, 0.15) is 28.8 Å². The molecule has 0 bridgehead atoms. The van der Waals surface area contributed by atoms with Gasteiger partial charge in [-0.05, 0) is 55.0 Å². The number of carbonyl (C=O) groups excluding carboxylic acids is 1. The Morgan fingerprint density at radius 2 is 1.95 bits per heavy atom. The number of allylic oxidation sites excluding steroid dienone is 2. The van der Waals surface area contributed by atoms with E-state index in [1.54, 1.807) is 48.6 Å². The molecule has 1 saturated heterocycles. The highest BCUT2D eigenvalue weighted by Crippen LogP contribution is 2.36. The van der Waals surface area contributed by atoms with Crippen LogP contribution in [0.15, 0.2) is 65.5 Å². The summed E-state index contributed by atoms with van der Waals surface area (Å²) in [5.41, 5.74) is 3.44. The van der Waals surface area contributed by atoms with E-state index >= 15 is 0 Å². The first-order chi connectivity index (χ1) is 18.6. The molecule has 10 nitrogen and oxygen atoms in total. The number of aliphatic hydroxyl groups is 1. The van der Waals surface area contributed by atoms with Crippen LogP contribution in [0.5, 0.6) is 0 Å². The fourth-order valence-corrected chi connectivity index (χ4v) is 5.22. The number of hydrogen-bond donors (Lipinski definition) is 3. The third-order valence-corrected chi connectivity index (χ3v) is 7.20. The Morgan fingerprint density at radius 1 is 1.15 bits per heavy atom. The van der Waals surface area contributed by atoms with Crippen molar-refractivity contribution in [3.63, 3.8) is 0 Å². The molecule has 2 aliphatic heterocycles. The van der Waals surface area contributed by atoms with Gasteiger partial charge in [-0.2, -0.15) is 0 Å². The number of aromatic amines is 1. The van der Waals surface area contributed by atoms with Gasteiger partial charge in [0, 0.05) is 49.4 Å². The molecule has 5 heterocycles. The highest BCUT2D eigenvalue weighted by Gasteiger charge is 2.35. The topological polar surface area (TPSA) is 127 Å². The van der Waals surface area contributed by atoms with Crippen LogP contribution in [0, 0.1) is 12.3 Å². The average molecular weight is 528 g/mol. The molecule has 0 spiro atoms. The normalized spacial score (nSPS) is 18.6. The predicted octanol–water partition coefficient (Wildman–Crippen LogP) is 3.68. The molecule has 0 atom stereocenters. The molecule has 1 amide bonds. The summed E-state index contributed by atoms with van der Waals surface area (Å²) in [5, 5.41) is 13.5. The molecule has 5 rings (SSSR count). The fraction of sp³-hybridized carbons (Fsp3) is 0.345. The Hall–Kier alpha value is -4.31. The summed E-state index contributed by atoms with van der Waals surface area (Å²) in [6.07, 6.45) is 8.49. The lowest BCUT2D eigenvalue weighted by Gasteiger charge is -2.41. The van der Waals surface area contributed by atoms with Gasteiger partial charge in [0.15, 0.2) is 0 Å². The van der Waals surface area contributed by atoms with Gasteiger partial charge in [0.25, 0.3) is 11.5 Å². The molecule has 3 aromatic heterocycles. The quantitative estimate of drug-likeness (QED) is 0.459. The molecule has 0 aromatic carbocycles. The number of rotatable bonds is 5. The lowest BCUT2D eigenvalue weighted by Crippen LogP contribution is -2.50. The summed E-state index contributed by atoms with van der Waals surface area (Å²) in [6.45, 7) is 12.0. The molecule has 10 heteroatoms. The zero-order chi connectivity index (χ0) is 27.7. The van der Waals surface area contributed by atoms with Crippen molar-refractivity contribution in [3.8, 4) is 11.1 Å². The van der Waals surface area contributed by atoms with Gasteiger partial charge in [0.2, 0.25) is 0 Å². The number of aromatic nitrogens is 4. The smallest absolute Gasteiger partial charge is 0.275 e. The molecule has 0 aliphatic carbocycles. The van der Waals surface area contributed by atoms with Crippen molar-refractivity contribution in [2.75, 3.05) is 29.9 Å². The highest BCUT2D eigenvalue weighted by molar-refractivity contribution is 6.06. The number of aliphatic hydroxyl groups excluding tert-OH is 1. The summed E-state index contributed by atoms with van der Waals surface area (Å²) in [4.78, 5) is 45.7. The minimum atomic E-state index is -0.334. The second-order valence-corrected chi connectivity index (χ2v) is 10.8. The second-order valence-electron chi connectivity index (χ2n) is 10.8. The molecule has 0 radical (unpaired) electrons. The SMILES string of the molecule is C=C1/C=C2/C(=O)N(c3nccc(-c4c[nH]c(=O)c(Nc5ccnc(C)n5)c4)c3CO)CCN2CCC(C)(C)C1. The van der Waals surface area contributed by atoms with Crippen LogP contribution in [0.1, 0.15) is 38.1 Å². The second kappa shape index (κ2) is 10.5. The van der Waals surface area contributed by atoms with E-state index in [-0.39, 0.29) is 23.5 Å². The predicted molar refractivity (Wildman–Crippen MR) is 150 cm³/mol. The van der Waals surface area contributed by atoms with E-state index < -0.39 is 0 Å². The summed E-state index contributed by atoms with van der Waals surface area (Å²) in [5.74, 6) is 1.30. The van der Waals surface area contributed by atoms with Gasteiger partial charge in [0.05, 0.1) is 6.61 Å². The third kappa shape index (κ3) is 5.46. The van der Waals surface area contributed by atoms with Crippen molar-refractivity contribution >= 4 is 23.2 Å². The van der Waals surface area contributed by atoms with Gasteiger partial charge >= 0.3 is 0 Å². The number of amides is 1. The van der Waals surface area contributed by atoms with Crippen molar-refractivity contribution in [1.82, 2.24) is 24.8 Å². The van der Waals surface area contributed by atoms with Crippen LogP contribution in [0.2, 0.25) is 0 Å². The largest absolute Gasteiger partial charge is 0.392 e. The van der Waals surface area contributed by atoms with E-state index in [0.717, 1.165) is 25.0 Å². The number of hydrogen-bond acceptors (Lipinski definition) is 8. The third-order valence-electron chi connectivity index (χ3n) is 7.20. The molecule has 2 aliphatic rings. The first kappa shape index (κ1) is 26.3.